The first-order chi connectivity index (χ1) is 9.40. The minimum Gasteiger partial charge on any atom is -0.383 e. The van der Waals surface area contributed by atoms with Gasteiger partial charge in [-0.15, -0.1) is 0 Å². The standard InChI is InChI=1S/C17H19NO/c1-19-13-17(15-10-6-3-7-11-15)18-12-16(18)14-8-4-2-5-9-14/h2-11,16-17H,12-13H2,1H3/t16-,17+,18?/m1/s1. The minimum absolute atomic E-state index is 0.358. The van der Waals surface area contributed by atoms with E-state index in [0.29, 0.717) is 12.1 Å². The third kappa shape index (κ3) is 2.70. The molecular weight excluding hydrogens is 234 g/mol. The van der Waals surface area contributed by atoms with Crippen molar-refractivity contribution in [3.8, 4) is 0 Å². The number of nitrogens with zero attached hydrogens (tertiary/aromatic N) is 1. The Kier molecular flexibility index (Phi) is 3.62. The first-order valence-corrected chi connectivity index (χ1v) is 6.74. The van der Waals surface area contributed by atoms with E-state index in [1.54, 1.807) is 7.11 Å². The van der Waals surface area contributed by atoms with E-state index in [-0.39, 0.29) is 0 Å². The second-order valence-corrected chi connectivity index (χ2v) is 5.01. The first-order valence-electron chi connectivity index (χ1n) is 6.74. The molecule has 0 spiro atoms. The van der Waals surface area contributed by atoms with Crippen molar-refractivity contribution in [1.82, 2.24) is 4.90 Å². The summed E-state index contributed by atoms with van der Waals surface area (Å²) >= 11 is 0. The van der Waals surface area contributed by atoms with Crippen molar-refractivity contribution in [3.05, 3.63) is 71.8 Å². The van der Waals surface area contributed by atoms with E-state index in [1.807, 2.05) is 0 Å². The summed E-state index contributed by atoms with van der Waals surface area (Å²) < 4.78 is 5.40. The van der Waals surface area contributed by atoms with Gasteiger partial charge in [0.15, 0.2) is 0 Å². The van der Waals surface area contributed by atoms with Crippen LogP contribution < -0.4 is 0 Å². The molecular formula is C17H19NO. The van der Waals surface area contributed by atoms with Gasteiger partial charge in [0.25, 0.3) is 0 Å². The summed E-state index contributed by atoms with van der Waals surface area (Å²) in [6.45, 7) is 1.86. The van der Waals surface area contributed by atoms with Crippen LogP contribution in [0.2, 0.25) is 0 Å². The second-order valence-electron chi connectivity index (χ2n) is 5.01. The lowest BCUT2D eigenvalue weighted by atomic mass is 10.1. The largest absolute Gasteiger partial charge is 0.383 e. The fourth-order valence-electron chi connectivity index (χ4n) is 2.69. The number of hydrogen-bond acceptors (Lipinski definition) is 2. The summed E-state index contributed by atoms with van der Waals surface area (Å²) in [5.41, 5.74) is 2.74. The Bertz CT molecular complexity index is 511. The Hall–Kier alpha value is -1.64. The van der Waals surface area contributed by atoms with Crippen LogP contribution in [0.1, 0.15) is 23.2 Å². The average Bonchev–Trinajstić information content (AvgIpc) is 3.27. The SMILES string of the molecule is COC[C@@H](c1ccccc1)N1C[C@@H]1c1ccccc1. The Morgan fingerprint density at radius 3 is 2.32 bits per heavy atom. The van der Waals surface area contributed by atoms with Crippen molar-refractivity contribution in [2.24, 2.45) is 0 Å². The zero-order chi connectivity index (χ0) is 13.1. The van der Waals surface area contributed by atoms with Gasteiger partial charge in [-0.2, -0.15) is 0 Å². The van der Waals surface area contributed by atoms with E-state index >= 15 is 0 Å². The molecule has 3 atom stereocenters. The Labute approximate surface area is 114 Å². The van der Waals surface area contributed by atoms with Crippen LogP contribution in [0.3, 0.4) is 0 Å². The molecule has 0 N–H and O–H groups in total. The van der Waals surface area contributed by atoms with Gasteiger partial charge in [0.1, 0.15) is 0 Å². The molecule has 1 fully saturated rings. The molecule has 0 amide bonds. The van der Waals surface area contributed by atoms with Gasteiger partial charge in [-0.25, -0.2) is 0 Å². The molecule has 0 aliphatic carbocycles. The van der Waals surface area contributed by atoms with Gasteiger partial charge in [-0.3, -0.25) is 4.90 Å². The third-order valence-electron chi connectivity index (χ3n) is 3.74. The quantitative estimate of drug-likeness (QED) is 0.757. The normalized spacial score (nSPS) is 23.0. The monoisotopic (exact) mass is 253 g/mol. The maximum Gasteiger partial charge on any atom is 0.0660 e. The molecule has 1 saturated heterocycles. The summed E-state index contributed by atoms with van der Waals surface area (Å²) in [7, 11) is 1.77. The average molecular weight is 253 g/mol. The third-order valence-corrected chi connectivity index (χ3v) is 3.74. The molecule has 2 heteroatoms. The summed E-state index contributed by atoms with van der Waals surface area (Å²) in [5, 5.41) is 0. The lowest BCUT2D eigenvalue weighted by Gasteiger charge is -2.19. The van der Waals surface area contributed by atoms with E-state index in [2.05, 4.69) is 65.6 Å². The summed E-state index contributed by atoms with van der Waals surface area (Å²) in [6.07, 6.45) is 0. The molecule has 3 rings (SSSR count). The molecule has 1 aliphatic heterocycles. The predicted molar refractivity (Wildman–Crippen MR) is 76.9 cm³/mol. The van der Waals surface area contributed by atoms with Crippen LogP contribution in [0, 0.1) is 0 Å². The zero-order valence-corrected chi connectivity index (χ0v) is 11.2. The summed E-state index contributed by atoms with van der Waals surface area (Å²) in [4.78, 5) is 2.49. The van der Waals surface area contributed by atoms with Crippen LogP contribution in [0.4, 0.5) is 0 Å². The topological polar surface area (TPSA) is 12.2 Å². The van der Waals surface area contributed by atoms with Gasteiger partial charge < -0.3 is 4.74 Å². The van der Waals surface area contributed by atoms with Gasteiger partial charge >= 0.3 is 0 Å². The van der Waals surface area contributed by atoms with E-state index in [1.165, 1.54) is 11.1 Å². The van der Waals surface area contributed by atoms with Crippen LogP contribution in [0.25, 0.3) is 0 Å². The predicted octanol–water partition coefficient (Wildman–Crippen LogP) is 3.43. The number of benzene rings is 2. The molecule has 0 saturated carbocycles. The minimum atomic E-state index is 0.358. The highest BCUT2D eigenvalue weighted by Crippen LogP contribution is 2.42. The van der Waals surface area contributed by atoms with Crippen molar-refractivity contribution in [2.75, 3.05) is 20.3 Å². The number of methoxy groups -OCH3 is 1. The molecule has 1 aliphatic rings. The van der Waals surface area contributed by atoms with Crippen molar-refractivity contribution in [3.63, 3.8) is 0 Å². The van der Waals surface area contributed by atoms with Crippen LogP contribution in [0.15, 0.2) is 60.7 Å². The Morgan fingerprint density at radius 1 is 1.05 bits per heavy atom. The van der Waals surface area contributed by atoms with Gasteiger partial charge in [0.05, 0.1) is 12.6 Å². The van der Waals surface area contributed by atoms with Gasteiger partial charge in [0.2, 0.25) is 0 Å². The lowest BCUT2D eigenvalue weighted by Crippen LogP contribution is -2.16. The first kappa shape index (κ1) is 12.4. The maximum atomic E-state index is 5.40. The van der Waals surface area contributed by atoms with Gasteiger partial charge in [0, 0.05) is 19.7 Å². The van der Waals surface area contributed by atoms with Crippen LogP contribution >= 0.6 is 0 Å². The molecule has 0 radical (unpaired) electrons. The number of ether oxygens (including phenoxy) is 1. The second kappa shape index (κ2) is 5.55. The van der Waals surface area contributed by atoms with E-state index < -0.39 is 0 Å². The fourth-order valence-corrected chi connectivity index (χ4v) is 2.69. The number of rotatable bonds is 5. The highest BCUT2D eigenvalue weighted by molar-refractivity contribution is 5.27. The molecule has 98 valence electrons. The van der Waals surface area contributed by atoms with Gasteiger partial charge in [-0.05, 0) is 11.1 Å². The van der Waals surface area contributed by atoms with E-state index in [4.69, 9.17) is 4.74 Å². The maximum absolute atomic E-state index is 5.40. The van der Waals surface area contributed by atoms with Crippen molar-refractivity contribution < 1.29 is 4.74 Å². The molecule has 2 nitrogen and oxygen atoms in total. The lowest BCUT2D eigenvalue weighted by molar-refractivity contribution is 0.139. The highest BCUT2D eigenvalue weighted by Gasteiger charge is 2.41. The smallest absolute Gasteiger partial charge is 0.0660 e. The van der Waals surface area contributed by atoms with Crippen LogP contribution in [-0.2, 0) is 4.74 Å². The van der Waals surface area contributed by atoms with E-state index in [0.717, 1.165) is 13.2 Å². The van der Waals surface area contributed by atoms with Crippen LogP contribution in [0.5, 0.6) is 0 Å². The van der Waals surface area contributed by atoms with Crippen molar-refractivity contribution in [1.29, 1.82) is 0 Å². The molecule has 2 aromatic rings. The molecule has 0 aromatic heterocycles. The van der Waals surface area contributed by atoms with Crippen molar-refractivity contribution in [2.45, 2.75) is 12.1 Å². The van der Waals surface area contributed by atoms with Crippen LogP contribution in [-0.4, -0.2) is 25.2 Å². The summed E-state index contributed by atoms with van der Waals surface area (Å²) in [6, 6.07) is 22.2. The number of hydrogen-bond donors (Lipinski definition) is 0. The molecule has 2 aromatic carbocycles. The van der Waals surface area contributed by atoms with Crippen molar-refractivity contribution >= 4 is 0 Å². The molecule has 1 heterocycles. The fraction of sp³-hybridized carbons (Fsp3) is 0.294. The molecule has 0 bridgehead atoms. The molecule has 19 heavy (non-hydrogen) atoms. The molecule has 1 unspecified atom stereocenters. The Morgan fingerprint density at radius 2 is 1.68 bits per heavy atom. The van der Waals surface area contributed by atoms with Gasteiger partial charge in [-0.1, -0.05) is 60.7 Å². The Balaban J connectivity index is 1.77. The zero-order valence-electron chi connectivity index (χ0n) is 11.2. The van der Waals surface area contributed by atoms with E-state index in [9.17, 15) is 0 Å². The highest BCUT2D eigenvalue weighted by atomic mass is 16.5. The summed E-state index contributed by atoms with van der Waals surface area (Å²) in [5.74, 6) is 0.